The summed E-state index contributed by atoms with van der Waals surface area (Å²) in [4.78, 5) is 14.1. The summed E-state index contributed by atoms with van der Waals surface area (Å²) in [7, 11) is 4.87. The van der Waals surface area contributed by atoms with E-state index in [-0.39, 0.29) is 23.6 Å². The smallest absolute Gasteiger partial charge is 0.296 e. The van der Waals surface area contributed by atoms with Crippen LogP contribution in [-0.4, -0.2) is 70.6 Å². The summed E-state index contributed by atoms with van der Waals surface area (Å²) in [6.45, 7) is 5.46. The minimum Gasteiger partial charge on any atom is -0.497 e. The Balaban J connectivity index is 1.51. The van der Waals surface area contributed by atoms with Crippen LogP contribution in [0.2, 0.25) is 0 Å². The summed E-state index contributed by atoms with van der Waals surface area (Å²) in [6.07, 6.45) is 3.21. The zero-order valence-electron chi connectivity index (χ0n) is 24.1. The first-order chi connectivity index (χ1) is 20.6. The first-order valence-electron chi connectivity index (χ1n) is 13.3. The lowest BCUT2D eigenvalue weighted by atomic mass is 10.0. The zero-order chi connectivity index (χ0) is 30.7. The van der Waals surface area contributed by atoms with E-state index in [1.807, 2.05) is 13.0 Å². The number of anilines is 2. The number of aliphatic imine (C=N–C) groups is 1. The number of benzene rings is 2. The average molecular weight is 589 g/mol. The average Bonchev–Trinajstić information content (AvgIpc) is 3.38. The zero-order valence-corrected chi connectivity index (χ0v) is 24.1. The van der Waals surface area contributed by atoms with E-state index in [1.54, 1.807) is 54.0 Å². The molecule has 43 heavy (non-hydrogen) atoms. The highest BCUT2D eigenvalue weighted by Crippen LogP contribution is 2.41. The third-order valence-corrected chi connectivity index (χ3v) is 7.07. The van der Waals surface area contributed by atoms with Crippen molar-refractivity contribution in [2.45, 2.75) is 25.4 Å². The fourth-order valence-electron chi connectivity index (χ4n) is 4.83. The van der Waals surface area contributed by atoms with Crippen molar-refractivity contribution < 1.29 is 23.0 Å². The first-order valence-corrected chi connectivity index (χ1v) is 13.3. The summed E-state index contributed by atoms with van der Waals surface area (Å²) in [5, 5.41) is 17.7. The molecular weight excluding hydrogens is 558 g/mol. The van der Waals surface area contributed by atoms with Crippen LogP contribution in [-0.2, 0) is 7.05 Å². The summed E-state index contributed by atoms with van der Waals surface area (Å²) >= 11 is 0. The van der Waals surface area contributed by atoms with E-state index in [1.165, 1.54) is 19.6 Å². The number of nitriles is 1. The van der Waals surface area contributed by atoms with Gasteiger partial charge in [-0.15, -0.1) is 0 Å². The molecule has 0 unspecified atom stereocenters. The number of piperidine rings is 1. The second kappa shape index (κ2) is 12.0. The van der Waals surface area contributed by atoms with Gasteiger partial charge in [0.1, 0.15) is 29.6 Å². The fourth-order valence-corrected chi connectivity index (χ4v) is 4.83. The number of pyridine rings is 1. The van der Waals surface area contributed by atoms with Crippen LogP contribution in [0.4, 0.5) is 20.2 Å². The molecule has 1 atom stereocenters. The number of hydrogen-bond acceptors (Lipinski definition) is 10. The van der Waals surface area contributed by atoms with Crippen LogP contribution in [0.3, 0.4) is 0 Å². The van der Waals surface area contributed by atoms with Crippen molar-refractivity contribution in [2.24, 2.45) is 12.0 Å². The molecule has 1 fully saturated rings. The third-order valence-electron chi connectivity index (χ3n) is 7.07. The van der Waals surface area contributed by atoms with Gasteiger partial charge in [-0.3, -0.25) is 4.98 Å². The highest BCUT2D eigenvalue weighted by Gasteiger charge is 2.45. The molecule has 13 heteroatoms. The van der Waals surface area contributed by atoms with E-state index in [0.29, 0.717) is 46.1 Å². The van der Waals surface area contributed by atoms with Crippen LogP contribution >= 0.6 is 0 Å². The van der Waals surface area contributed by atoms with Gasteiger partial charge in [-0.25, -0.2) is 23.4 Å². The molecule has 0 amide bonds. The second-order valence-corrected chi connectivity index (χ2v) is 10.2. The standard InChI is InChI=1S/C30H30F2N8O3/c1-18-10-20(6-7-23(18)43-27(34-2)13-26-36-17-37-40(26)4)38-29-19(14-33)15-35-22-11-21(41-5)12-24(28(22)29)42-25-8-9-39(3)16-30(25,31)32/h6-7,10-13,15,17,25H,2,8-9,16H2,1,3-5H3,(H,35,38)/b27-13+/t25-/m1/s1. The summed E-state index contributed by atoms with van der Waals surface area (Å²) < 4.78 is 48.9. The maximum Gasteiger partial charge on any atom is 0.296 e. The predicted molar refractivity (Wildman–Crippen MR) is 158 cm³/mol. The number of nitrogens with one attached hydrogen (secondary N) is 1. The van der Waals surface area contributed by atoms with Crippen LogP contribution in [0.1, 0.15) is 23.4 Å². The van der Waals surface area contributed by atoms with E-state index in [9.17, 15) is 14.0 Å². The van der Waals surface area contributed by atoms with Gasteiger partial charge >= 0.3 is 0 Å². The number of ether oxygens (including phenoxy) is 3. The van der Waals surface area contributed by atoms with Gasteiger partial charge < -0.3 is 24.4 Å². The molecule has 0 saturated carbocycles. The molecule has 2 aromatic carbocycles. The molecule has 4 aromatic rings. The van der Waals surface area contributed by atoms with Gasteiger partial charge in [0.05, 0.1) is 35.8 Å². The van der Waals surface area contributed by atoms with Gasteiger partial charge in [0.2, 0.25) is 5.88 Å². The van der Waals surface area contributed by atoms with Crippen molar-refractivity contribution in [2.75, 3.05) is 32.6 Å². The van der Waals surface area contributed by atoms with Crippen molar-refractivity contribution in [3.05, 3.63) is 65.7 Å². The number of aromatic nitrogens is 4. The maximum atomic E-state index is 15.0. The van der Waals surface area contributed by atoms with Crippen molar-refractivity contribution in [3.63, 3.8) is 0 Å². The normalized spacial score (nSPS) is 16.9. The number of methoxy groups -OCH3 is 1. The summed E-state index contributed by atoms with van der Waals surface area (Å²) in [6, 6.07) is 10.7. The minimum absolute atomic E-state index is 0.129. The van der Waals surface area contributed by atoms with E-state index >= 15 is 0 Å². The van der Waals surface area contributed by atoms with Gasteiger partial charge in [-0.1, -0.05) is 0 Å². The van der Waals surface area contributed by atoms with Gasteiger partial charge in [0.25, 0.3) is 5.92 Å². The van der Waals surface area contributed by atoms with Crippen LogP contribution in [0.5, 0.6) is 17.2 Å². The molecule has 11 nitrogen and oxygen atoms in total. The van der Waals surface area contributed by atoms with Crippen LogP contribution < -0.4 is 19.5 Å². The molecular formula is C30H30F2N8O3. The Morgan fingerprint density at radius 2 is 2.05 bits per heavy atom. The molecule has 1 N–H and O–H groups in total. The number of hydrogen-bond donors (Lipinski definition) is 1. The molecule has 2 aromatic heterocycles. The summed E-state index contributed by atoms with van der Waals surface area (Å²) in [5.41, 5.74) is 2.36. The highest BCUT2D eigenvalue weighted by molar-refractivity contribution is 6.01. The Morgan fingerprint density at radius 3 is 2.70 bits per heavy atom. The number of fused-ring (bicyclic) bond motifs is 1. The van der Waals surface area contributed by atoms with Crippen LogP contribution in [0.15, 0.2) is 53.7 Å². The molecule has 0 aliphatic carbocycles. The first kappa shape index (κ1) is 29.4. The molecule has 0 radical (unpaired) electrons. The molecule has 1 saturated heterocycles. The Hall–Kier alpha value is -5.09. The number of likely N-dealkylation sites (tertiary alicyclic amines) is 1. The fraction of sp³-hybridized carbons (Fsp3) is 0.300. The van der Waals surface area contributed by atoms with Gasteiger partial charge in [-0.05, 0) is 44.5 Å². The number of halogens is 2. The third kappa shape index (κ3) is 6.24. The van der Waals surface area contributed by atoms with Crippen molar-refractivity contribution >= 4 is 35.1 Å². The number of aryl methyl sites for hydroxylation is 2. The lowest BCUT2D eigenvalue weighted by Crippen LogP contribution is -2.52. The quantitative estimate of drug-likeness (QED) is 0.210. The molecule has 0 spiro atoms. The highest BCUT2D eigenvalue weighted by atomic mass is 19.3. The molecule has 0 bridgehead atoms. The largest absolute Gasteiger partial charge is 0.497 e. The van der Waals surface area contributed by atoms with Crippen molar-refractivity contribution in [3.8, 4) is 23.3 Å². The Kier molecular flexibility index (Phi) is 8.22. The Morgan fingerprint density at radius 1 is 1.23 bits per heavy atom. The van der Waals surface area contributed by atoms with Gasteiger partial charge in [0, 0.05) is 50.1 Å². The van der Waals surface area contributed by atoms with Crippen molar-refractivity contribution in [1.82, 2.24) is 24.6 Å². The minimum atomic E-state index is -3.08. The Bertz CT molecular complexity index is 1750. The molecule has 1 aliphatic heterocycles. The van der Waals surface area contributed by atoms with E-state index in [2.05, 4.69) is 38.2 Å². The molecule has 222 valence electrons. The topological polar surface area (TPSA) is 123 Å². The summed E-state index contributed by atoms with van der Waals surface area (Å²) in [5.74, 6) is -1.26. The van der Waals surface area contributed by atoms with Gasteiger partial charge in [-0.2, -0.15) is 10.4 Å². The van der Waals surface area contributed by atoms with E-state index in [4.69, 9.17) is 14.2 Å². The predicted octanol–water partition coefficient (Wildman–Crippen LogP) is 5.09. The second-order valence-electron chi connectivity index (χ2n) is 10.2. The number of nitrogens with zero attached hydrogens (tertiary/aromatic N) is 7. The number of rotatable bonds is 9. The molecule has 3 heterocycles. The lowest BCUT2D eigenvalue weighted by Gasteiger charge is -2.36. The monoisotopic (exact) mass is 588 g/mol. The van der Waals surface area contributed by atoms with Crippen molar-refractivity contribution in [1.29, 1.82) is 5.26 Å². The lowest BCUT2D eigenvalue weighted by molar-refractivity contribution is -0.134. The SMILES string of the molecule is C=N/C(=C\c1ncnn1C)Oc1ccc(Nc2c(C#N)cnc3cc(OC)cc(O[C@@H]4CCN(C)CC4(F)F)c23)cc1C. The molecule has 1 aliphatic rings. The molecule has 5 rings (SSSR count). The van der Waals surface area contributed by atoms with Gasteiger partial charge in [0.15, 0.2) is 11.9 Å². The number of alkyl halides is 2. The maximum absolute atomic E-state index is 15.0. The van der Waals surface area contributed by atoms with Crippen LogP contribution in [0.25, 0.3) is 17.0 Å². The van der Waals surface area contributed by atoms with Crippen LogP contribution in [0, 0.1) is 18.3 Å². The van der Waals surface area contributed by atoms with E-state index < -0.39 is 18.6 Å². The van der Waals surface area contributed by atoms with E-state index in [0.717, 1.165) is 5.56 Å². The Labute approximate surface area is 247 Å².